The second kappa shape index (κ2) is 8.48. The van der Waals surface area contributed by atoms with Gasteiger partial charge in [0.2, 0.25) is 0 Å². The van der Waals surface area contributed by atoms with Crippen LogP contribution in [0.15, 0.2) is 97.3 Å². The van der Waals surface area contributed by atoms with Crippen LogP contribution < -0.4 is 15.1 Å². The van der Waals surface area contributed by atoms with Crippen LogP contribution in [0.5, 0.6) is 0 Å². The van der Waals surface area contributed by atoms with Gasteiger partial charge in [0.25, 0.3) is 0 Å². The van der Waals surface area contributed by atoms with Crippen molar-refractivity contribution in [2.24, 2.45) is 0 Å². The summed E-state index contributed by atoms with van der Waals surface area (Å²) in [4.78, 5) is 8.96. The normalized spacial score (nSPS) is 17.9. The van der Waals surface area contributed by atoms with E-state index in [4.69, 9.17) is 12.2 Å². The molecular weight excluding hydrogens is 414 g/mol. The molecule has 160 valence electrons. The molecule has 4 aromatic rings. The van der Waals surface area contributed by atoms with Crippen LogP contribution in [-0.2, 0) is 0 Å². The summed E-state index contributed by atoms with van der Waals surface area (Å²) >= 11 is 5.83. The van der Waals surface area contributed by atoms with Crippen molar-refractivity contribution < 1.29 is 0 Å². The number of nitrogens with zero attached hydrogens (tertiary/aromatic N) is 4. The van der Waals surface area contributed by atoms with Gasteiger partial charge < -0.3 is 19.7 Å². The summed E-state index contributed by atoms with van der Waals surface area (Å²) in [6.07, 6.45) is 3.95. The lowest BCUT2D eigenvalue weighted by molar-refractivity contribution is 0.549. The Morgan fingerprint density at radius 1 is 0.844 bits per heavy atom. The lowest BCUT2D eigenvalue weighted by Crippen LogP contribution is -2.30. The molecule has 1 aliphatic rings. The van der Waals surface area contributed by atoms with Crippen molar-refractivity contribution in [3.05, 3.63) is 109 Å². The first-order valence-corrected chi connectivity index (χ1v) is 11.0. The maximum atomic E-state index is 5.83. The minimum absolute atomic E-state index is 0.0525. The predicted octanol–water partition coefficient (Wildman–Crippen LogP) is 5.12. The third kappa shape index (κ3) is 3.63. The van der Waals surface area contributed by atoms with E-state index >= 15 is 0 Å². The van der Waals surface area contributed by atoms with Crippen molar-refractivity contribution in [1.29, 1.82) is 0 Å². The van der Waals surface area contributed by atoms with Gasteiger partial charge in [-0.3, -0.25) is 4.98 Å². The highest BCUT2D eigenvalue weighted by atomic mass is 32.1. The Labute approximate surface area is 193 Å². The number of thiocarbonyl (C=S) groups is 1. The zero-order valence-corrected chi connectivity index (χ0v) is 18.9. The van der Waals surface area contributed by atoms with Crippen LogP contribution in [0, 0.1) is 0 Å². The van der Waals surface area contributed by atoms with Gasteiger partial charge in [-0.05, 0) is 72.9 Å². The van der Waals surface area contributed by atoms with E-state index in [1.165, 1.54) is 5.69 Å². The molecule has 0 amide bonds. The van der Waals surface area contributed by atoms with E-state index in [1.54, 1.807) is 0 Å². The van der Waals surface area contributed by atoms with E-state index in [0.717, 1.165) is 22.8 Å². The number of pyridine rings is 1. The van der Waals surface area contributed by atoms with E-state index in [2.05, 4.69) is 99.6 Å². The summed E-state index contributed by atoms with van der Waals surface area (Å²) < 4.78 is 2.24. The molecule has 3 heterocycles. The monoisotopic (exact) mass is 439 g/mol. The summed E-state index contributed by atoms with van der Waals surface area (Å²) in [6.45, 7) is 0. The number of benzene rings is 2. The lowest BCUT2D eigenvalue weighted by Gasteiger charge is -2.29. The highest BCUT2D eigenvalue weighted by Crippen LogP contribution is 2.42. The highest BCUT2D eigenvalue weighted by molar-refractivity contribution is 7.80. The van der Waals surface area contributed by atoms with Crippen molar-refractivity contribution in [3.8, 4) is 5.69 Å². The first-order valence-electron chi connectivity index (χ1n) is 10.6. The molecule has 1 fully saturated rings. The second-order valence-electron chi connectivity index (χ2n) is 8.05. The third-order valence-electron chi connectivity index (χ3n) is 5.86. The number of hydrogen-bond donors (Lipinski definition) is 1. The molecule has 0 spiro atoms. The quantitative estimate of drug-likeness (QED) is 0.437. The standard InChI is InChI=1S/C26H25N5S/c1-29(2)19-13-15-20(16-14-19)30-18-8-12-23(30)25-24(22-11-6-7-17-27-22)28-26(32)31(25)21-9-4-3-5-10-21/h3-18,24-25H,1-2H3,(H,28,32)/t24-,25+/m1/s1. The van der Waals surface area contributed by atoms with Crippen LogP contribution in [0.25, 0.3) is 5.69 Å². The molecule has 2 aromatic carbocycles. The van der Waals surface area contributed by atoms with Gasteiger partial charge in [0.05, 0.1) is 11.7 Å². The topological polar surface area (TPSA) is 36.3 Å². The Bertz CT molecular complexity index is 1200. The van der Waals surface area contributed by atoms with Gasteiger partial charge in [0.15, 0.2) is 5.11 Å². The van der Waals surface area contributed by atoms with Gasteiger partial charge >= 0.3 is 0 Å². The summed E-state index contributed by atoms with van der Waals surface area (Å²) in [5.41, 5.74) is 5.46. The van der Waals surface area contributed by atoms with E-state index < -0.39 is 0 Å². The molecule has 0 bridgehead atoms. The summed E-state index contributed by atoms with van der Waals surface area (Å²) in [7, 11) is 4.10. The molecule has 32 heavy (non-hydrogen) atoms. The fourth-order valence-electron chi connectivity index (χ4n) is 4.30. The van der Waals surface area contributed by atoms with Crippen LogP contribution >= 0.6 is 12.2 Å². The van der Waals surface area contributed by atoms with Crippen LogP contribution in [0.3, 0.4) is 0 Å². The van der Waals surface area contributed by atoms with Gasteiger partial charge in [0, 0.05) is 49.2 Å². The smallest absolute Gasteiger partial charge is 0.174 e. The Morgan fingerprint density at radius 3 is 2.28 bits per heavy atom. The molecule has 0 saturated carbocycles. The average molecular weight is 440 g/mol. The molecule has 1 saturated heterocycles. The first kappa shape index (κ1) is 20.3. The maximum absolute atomic E-state index is 5.83. The van der Waals surface area contributed by atoms with Crippen molar-refractivity contribution in [1.82, 2.24) is 14.9 Å². The predicted molar refractivity (Wildman–Crippen MR) is 134 cm³/mol. The average Bonchev–Trinajstić information content (AvgIpc) is 3.44. The van der Waals surface area contributed by atoms with Gasteiger partial charge in [-0.25, -0.2) is 0 Å². The van der Waals surface area contributed by atoms with Crippen molar-refractivity contribution in [2.75, 3.05) is 23.9 Å². The SMILES string of the molecule is CN(C)c1ccc(-n2cccc2[C@H]2[C@@H](c3ccccn3)NC(=S)N2c2ccccc2)cc1. The fraction of sp³-hybridized carbons (Fsp3) is 0.154. The van der Waals surface area contributed by atoms with E-state index in [0.29, 0.717) is 5.11 Å². The number of para-hydroxylation sites is 1. The Hall–Kier alpha value is -3.64. The third-order valence-corrected chi connectivity index (χ3v) is 6.17. The Kier molecular flexibility index (Phi) is 5.37. The van der Waals surface area contributed by atoms with Crippen molar-refractivity contribution in [2.45, 2.75) is 12.1 Å². The molecule has 5 nitrogen and oxygen atoms in total. The molecule has 1 N–H and O–H groups in total. The minimum atomic E-state index is -0.0707. The van der Waals surface area contributed by atoms with Crippen LogP contribution in [0.4, 0.5) is 11.4 Å². The molecule has 2 aromatic heterocycles. The number of rotatable bonds is 5. The molecule has 6 heteroatoms. The van der Waals surface area contributed by atoms with E-state index in [1.807, 2.05) is 36.5 Å². The van der Waals surface area contributed by atoms with Gasteiger partial charge in [-0.2, -0.15) is 0 Å². The van der Waals surface area contributed by atoms with E-state index in [9.17, 15) is 0 Å². The Balaban J connectivity index is 1.63. The summed E-state index contributed by atoms with van der Waals surface area (Å²) in [5.74, 6) is 0. The summed E-state index contributed by atoms with van der Waals surface area (Å²) in [6, 6.07) is 29.1. The van der Waals surface area contributed by atoms with Crippen LogP contribution in [-0.4, -0.2) is 28.8 Å². The Morgan fingerprint density at radius 2 is 1.59 bits per heavy atom. The number of hydrogen-bond acceptors (Lipinski definition) is 3. The molecule has 2 atom stereocenters. The van der Waals surface area contributed by atoms with Crippen molar-refractivity contribution >= 4 is 28.7 Å². The maximum Gasteiger partial charge on any atom is 0.174 e. The fourth-order valence-corrected chi connectivity index (χ4v) is 4.65. The highest BCUT2D eigenvalue weighted by Gasteiger charge is 2.42. The van der Waals surface area contributed by atoms with Crippen LogP contribution in [0.1, 0.15) is 23.5 Å². The molecule has 0 unspecified atom stereocenters. The minimum Gasteiger partial charge on any atom is -0.378 e. The number of nitrogens with one attached hydrogen (secondary N) is 1. The molecule has 5 rings (SSSR count). The number of anilines is 2. The molecule has 0 aliphatic carbocycles. The van der Waals surface area contributed by atoms with E-state index in [-0.39, 0.29) is 12.1 Å². The van der Waals surface area contributed by atoms with Gasteiger partial charge in [-0.1, -0.05) is 24.3 Å². The summed E-state index contributed by atoms with van der Waals surface area (Å²) in [5, 5.41) is 4.24. The zero-order chi connectivity index (χ0) is 22.1. The lowest BCUT2D eigenvalue weighted by atomic mass is 10.0. The molecule has 1 aliphatic heterocycles. The molecular formula is C26H25N5S. The van der Waals surface area contributed by atoms with Crippen LogP contribution in [0.2, 0.25) is 0 Å². The second-order valence-corrected chi connectivity index (χ2v) is 8.43. The van der Waals surface area contributed by atoms with Gasteiger partial charge in [-0.15, -0.1) is 0 Å². The van der Waals surface area contributed by atoms with Gasteiger partial charge in [0.1, 0.15) is 6.04 Å². The van der Waals surface area contributed by atoms with Crippen molar-refractivity contribution in [3.63, 3.8) is 0 Å². The zero-order valence-electron chi connectivity index (χ0n) is 18.1. The largest absolute Gasteiger partial charge is 0.378 e. The number of aromatic nitrogens is 2. The molecule has 0 radical (unpaired) electrons. The first-order chi connectivity index (χ1) is 15.6.